The summed E-state index contributed by atoms with van der Waals surface area (Å²) >= 11 is 0. The number of aliphatic hydroxyl groups excluding tert-OH is 1. The minimum absolute atomic E-state index is 0.166. The SMILES string of the molecule is CCCCCCCCCCCCCCCCCCCCCCCCCCCCCCCCCCCCCCCCCCCCCCCCC(=O)NCCNCCNCCNCCNC(=O)CCCCCCCCCCCO. The summed E-state index contributed by atoms with van der Waals surface area (Å²) in [6, 6.07) is 0. The summed E-state index contributed by atoms with van der Waals surface area (Å²) in [7, 11) is 0. The van der Waals surface area contributed by atoms with Gasteiger partial charge in [0, 0.05) is 71.8 Å². The Morgan fingerprint density at radius 2 is 0.377 bits per heavy atom. The van der Waals surface area contributed by atoms with Crippen molar-refractivity contribution in [3.05, 3.63) is 0 Å². The van der Waals surface area contributed by atoms with E-state index in [0.29, 0.717) is 32.5 Å². The standard InChI is InChI=1S/C69H141N5O3/c1-2-3-4-5-6-7-8-9-10-11-12-13-14-15-16-17-18-19-20-21-22-23-24-25-26-27-28-29-30-31-32-33-34-35-36-37-38-39-40-41-42-43-45-48-51-54-57-68(76)73-65-63-71-61-59-70-60-62-72-64-66-74-69(77)58-55-52-49-46-44-47-50-53-56-67-75/h70-72,75H,2-67H2,1H3,(H,73,76)(H,74,77). The highest BCUT2D eigenvalue weighted by Crippen LogP contribution is 2.19. The molecule has 0 atom stereocenters. The van der Waals surface area contributed by atoms with Crippen molar-refractivity contribution in [1.82, 2.24) is 26.6 Å². The molecule has 2 amide bonds. The molecule has 0 bridgehead atoms. The van der Waals surface area contributed by atoms with Crippen LogP contribution in [0.2, 0.25) is 0 Å². The molecule has 0 saturated carbocycles. The fourth-order valence-electron chi connectivity index (χ4n) is 11.3. The molecule has 0 rings (SSSR count). The highest BCUT2D eigenvalue weighted by Gasteiger charge is 2.04. The molecular weight excluding hydrogens is 947 g/mol. The Bertz CT molecular complexity index is 1090. The van der Waals surface area contributed by atoms with Crippen LogP contribution in [0.3, 0.4) is 0 Å². The zero-order chi connectivity index (χ0) is 55.4. The summed E-state index contributed by atoms with van der Waals surface area (Å²) < 4.78 is 0. The van der Waals surface area contributed by atoms with Crippen molar-refractivity contribution in [3.63, 3.8) is 0 Å². The van der Waals surface area contributed by atoms with E-state index < -0.39 is 0 Å². The van der Waals surface area contributed by atoms with Crippen molar-refractivity contribution in [1.29, 1.82) is 0 Å². The van der Waals surface area contributed by atoms with Gasteiger partial charge in [0.2, 0.25) is 11.8 Å². The zero-order valence-electron chi connectivity index (χ0n) is 52.4. The molecule has 0 unspecified atom stereocenters. The van der Waals surface area contributed by atoms with Gasteiger partial charge in [-0.3, -0.25) is 9.59 Å². The van der Waals surface area contributed by atoms with E-state index in [1.807, 2.05) is 0 Å². The van der Waals surface area contributed by atoms with Gasteiger partial charge in [0.05, 0.1) is 0 Å². The van der Waals surface area contributed by atoms with Crippen molar-refractivity contribution in [2.24, 2.45) is 0 Å². The predicted molar refractivity (Wildman–Crippen MR) is 341 cm³/mol. The summed E-state index contributed by atoms with van der Waals surface area (Å²) in [5.41, 5.74) is 0. The number of unbranched alkanes of at least 4 members (excludes halogenated alkanes) is 53. The Hall–Kier alpha value is -1.22. The minimum Gasteiger partial charge on any atom is -0.396 e. The van der Waals surface area contributed by atoms with Gasteiger partial charge < -0.3 is 31.7 Å². The maximum Gasteiger partial charge on any atom is 0.220 e. The molecule has 0 fully saturated rings. The van der Waals surface area contributed by atoms with Crippen LogP contribution in [0.5, 0.6) is 0 Å². The Balaban J connectivity index is 3.16. The van der Waals surface area contributed by atoms with Crippen molar-refractivity contribution in [2.45, 2.75) is 373 Å². The van der Waals surface area contributed by atoms with E-state index in [2.05, 4.69) is 33.5 Å². The molecule has 0 aliphatic rings. The lowest BCUT2D eigenvalue weighted by atomic mass is 10.0. The minimum atomic E-state index is 0.166. The van der Waals surface area contributed by atoms with Gasteiger partial charge in [-0.25, -0.2) is 0 Å². The smallest absolute Gasteiger partial charge is 0.220 e. The Morgan fingerprint density at radius 1 is 0.221 bits per heavy atom. The highest BCUT2D eigenvalue weighted by molar-refractivity contribution is 5.76. The molecule has 0 aromatic heterocycles. The first-order valence-electron chi connectivity index (χ1n) is 35.5. The summed E-state index contributed by atoms with van der Waals surface area (Å²) in [5.74, 6) is 0.358. The number of rotatable bonds is 70. The first kappa shape index (κ1) is 75.8. The molecule has 77 heavy (non-hydrogen) atoms. The van der Waals surface area contributed by atoms with Crippen molar-refractivity contribution < 1.29 is 14.7 Å². The third-order valence-corrected chi connectivity index (χ3v) is 16.5. The summed E-state index contributed by atoms with van der Waals surface area (Å²) in [6.45, 7) is 9.16. The van der Waals surface area contributed by atoms with Crippen LogP contribution in [0.15, 0.2) is 0 Å². The van der Waals surface area contributed by atoms with Gasteiger partial charge in [-0.1, -0.05) is 341 Å². The topological polar surface area (TPSA) is 115 Å². The molecule has 0 heterocycles. The lowest BCUT2D eigenvalue weighted by Crippen LogP contribution is -2.37. The Labute approximate surface area is 482 Å². The Morgan fingerprint density at radius 3 is 0.558 bits per heavy atom. The maximum atomic E-state index is 12.2. The van der Waals surface area contributed by atoms with E-state index in [-0.39, 0.29) is 11.8 Å². The monoisotopic (exact) mass is 1090 g/mol. The fraction of sp³-hybridized carbons (Fsp3) is 0.971. The number of carbonyl (C=O) groups is 2. The van der Waals surface area contributed by atoms with Crippen LogP contribution in [0, 0.1) is 0 Å². The van der Waals surface area contributed by atoms with E-state index >= 15 is 0 Å². The molecule has 0 saturated heterocycles. The molecular formula is C69H141N5O3. The summed E-state index contributed by atoms with van der Waals surface area (Å²) in [5, 5.41) is 25.1. The summed E-state index contributed by atoms with van der Waals surface area (Å²) in [6.07, 6.45) is 78.0. The lowest BCUT2D eigenvalue weighted by Gasteiger charge is -2.09. The van der Waals surface area contributed by atoms with Gasteiger partial charge in [0.25, 0.3) is 0 Å². The zero-order valence-corrected chi connectivity index (χ0v) is 52.4. The molecule has 0 aromatic carbocycles. The second-order valence-electron chi connectivity index (χ2n) is 24.3. The van der Waals surface area contributed by atoms with Crippen LogP contribution >= 0.6 is 0 Å². The van der Waals surface area contributed by atoms with E-state index in [0.717, 1.165) is 71.4 Å². The van der Waals surface area contributed by atoms with Gasteiger partial charge in [0.15, 0.2) is 0 Å². The molecule has 0 aliphatic carbocycles. The number of hydrogen-bond acceptors (Lipinski definition) is 6. The second-order valence-corrected chi connectivity index (χ2v) is 24.3. The number of aliphatic hydroxyl groups is 1. The highest BCUT2D eigenvalue weighted by atomic mass is 16.3. The normalized spacial score (nSPS) is 11.6. The van der Waals surface area contributed by atoms with E-state index in [1.165, 1.54) is 321 Å². The molecule has 6 N–H and O–H groups in total. The van der Waals surface area contributed by atoms with Gasteiger partial charge in [0.1, 0.15) is 0 Å². The van der Waals surface area contributed by atoms with E-state index in [1.54, 1.807) is 0 Å². The fourth-order valence-corrected chi connectivity index (χ4v) is 11.3. The van der Waals surface area contributed by atoms with Crippen molar-refractivity contribution in [2.75, 3.05) is 59.0 Å². The van der Waals surface area contributed by atoms with Gasteiger partial charge >= 0.3 is 0 Å². The first-order chi connectivity index (χ1) is 38.2. The van der Waals surface area contributed by atoms with Crippen LogP contribution in [0.4, 0.5) is 0 Å². The largest absolute Gasteiger partial charge is 0.396 e. The van der Waals surface area contributed by atoms with Gasteiger partial charge in [-0.05, 0) is 19.3 Å². The number of amides is 2. The number of nitrogens with one attached hydrogen (secondary N) is 5. The van der Waals surface area contributed by atoms with Crippen LogP contribution in [0.25, 0.3) is 0 Å². The lowest BCUT2D eigenvalue weighted by molar-refractivity contribution is -0.122. The Kier molecular flexibility index (Phi) is 69.8. The van der Waals surface area contributed by atoms with Crippen LogP contribution in [-0.2, 0) is 9.59 Å². The van der Waals surface area contributed by atoms with E-state index in [4.69, 9.17) is 5.11 Å². The van der Waals surface area contributed by atoms with Crippen molar-refractivity contribution >= 4 is 11.8 Å². The molecule has 8 heteroatoms. The summed E-state index contributed by atoms with van der Waals surface area (Å²) in [4.78, 5) is 24.2. The average molecular weight is 1090 g/mol. The van der Waals surface area contributed by atoms with Gasteiger partial charge in [-0.2, -0.15) is 0 Å². The number of carbonyl (C=O) groups excluding carboxylic acids is 2. The number of hydrogen-bond donors (Lipinski definition) is 6. The molecule has 0 radical (unpaired) electrons. The maximum absolute atomic E-state index is 12.2. The molecule has 0 spiro atoms. The molecule has 0 aliphatic heterocycles. The molecule has 460 valence electrons. The molecule has 8 nitrogen and oxygen atoms in total. The van der Waals surface area contributed by atoms with E-state index in [9.17, 15) is 9.59 Å². The second kappa shape index (κ2) is 70.9. The quantitative estimate of drug-likeness (QED) is 0.0338. The third kappa shape index (κ3) is 70.8. The van der Waals surface area contributed by atoms with Crippen LogP contribution in [-0.4, -0.2) is 75.9 Å². The molecule has 0 aromatic rings. The van der Waals surface area contributed by atoms with Crippen molar-refractivity contribution in [3.8, 4) is 0 Å². The predicted octanol–water partition coefficient (Wildman–Crippen LogP) is 19.2. The average Bonchev–Trinajstić information content (AvgIpc) is 3.43. The first-order valence-corrected chi connectivity index (χ1v) is 35.5. The van der Waals surface area contributed by atoms with Crippen LogP contribution in [0.1, 0.15) is 373 Å². The van der Waals surface area contributed by atoms with Crippen LogP contribution < -0.4 is 26.6 Å². The third-order valence-electron chi connectivity index (χ3n) is 16.5. The van der Waals surface area contributed by atoms with Gasteiger partial charge in [-0.15, -0.1) is 0 Å².